The molecule has 1 nitrogen and oxygen atoms in total. The van der Waals surface area contributed by atoms with Crippen molar-refractivity contribution < 1.29 is 8.78 Å². The van der Waals surface area contributed by atoms with Gasteiger partial charge in [0.15, 0.2) is 0 Å². The minimum atomic E-state index is -0.598. The van der Waals surface area contributed by atoms with E-state index in [2.05, 4.69) is 21.2 Å². The van der Waals surface area contributed by atoms with Crippen LogP contribution in [-0.4, -0.2) is 6.54 Å². The Bertz CT molecular complexity index is 613. The van der Waals surface area contributed by atoms with Gasteiger partial charge in [-0.25, -0.2) is 8.78 Å². The number of rotatable bonds is 5. The maximum Gasteiger partial charge on any atom is 0.131 e. The first-order valence-corrected chi connectivity index (χ1v) is 7.84. The topological polar surface area (TPSA) is 12.0 Å². The third-order valence-electron chi connectivity index (χ3n) is 3.16. The van der Waals surface area contributed by atoms with Crippen LogP contribution in [0.4, 0.5) is 8.78 Å². The number of halogens is 4. The van der Waals surface area contributed by atoms with Crippen LogP contribution in [0.5, 0.6) is 0 Å². The molecule has 0 aliphatic carbocycles. The quantitative estimate of drug-likeness (QED) is 0.732. The molecule has 2 aromatic carbocycles. The van der Waals surface area contributed by atoms with Crippen molar-refractivity contribution in [2.45, 2.75) is 19.4 Å². The highest BCUT2D eigenvalue weighted by Gasteiger charge is 2.23. The van der Waals surface area contributed by atoms with Crippen molar-refractivity contribution in [2.24, 2.45) is 0 Å². The highest BCUT2D eigenvalue weighted by molar-refractivity contribution is 9.10. The number of benzene rings is 2. The van der Waals surface area contributed by atoms with Crippen molar-refractivity contribution in [1.29, 1.82) is 0 Å². The van der Waals surface area contributed by atoms with Gasteiger partial charge in [0.1, 0.15) is 11.6 Å². The van der Waals surface area contributed by atoms with E-state index in [9.17, 15) is 8.78 Å². The van der Waals surface area contributed by atoms with Crippen LogP contribution in [0.15, 0.2) is 40.9 Å². The van der Waals surface area contributed by atoms with Crippen molar-refractivity contribution in [3.8, 4) is 0 Å². The van der Waals surface area contributed by atoms with E-state index < -0.39 is 17.7 Å². The maximum absolute atomic E-state index is 14.1. The Morgan fingerprint density at radius 3 is 2.48 bits per heavy atom. The van der Waals surface area contributed by atoms with Crippen LogP contribution in [0.3, 0.4) is 0 Å². The fourth-order valence-electron chi connectivity index (χ4n) is 2.18. The Balaban J connectivity index is 2.55. The van der Waals surface area contributed by atoms with E-state index in [4.69, 9.17) is 11.6 Å². The van der Waals surface area contributed by atoms with Crippen molar-refractivity contribution >= 4 is 27.5 Å². The van der Waals surface area contributed by atoms with Crippen molar-refractivity contribution in [3.05, 3.63) is 68.7 Å². The van der Waals surface area contributed by atoms with Crippen molar-refractivity contribution in [3.63, 3.8) is 0 Å². The third-order valence-corrected chi connectivity index (χ3v) is 4.11. The monoisotopic (exact) mass is 373 g/mol. The molecule has 0 bridgehead atoms. The van der Waals surface area contributed by atoms with Crippen LogP contribution in [0.1, 0.15) is 30.5 Å². The molecule has 0 saturated carbocycles. The fraction of sp³-hybridized carbons (Fsp3) is 0.250. The predicted molar refractivity (Wildman–Crippen MR) is 85.6 cm³/mol. The lowest BCUT2D eigenvalue weighted by Crippen LogP contribution is -2.25. The molecule has 1 N–H and O–H groups in total. The molecule has 0 aliphatic heterocycles. The zero-order valence-corrected chi connectivity index (χ0v) is 13.8. The first kappa shape index (κ1) is 16.4. The van der Waals surface area contributed by atoms with Gasteiger partial charge in [0, 0.05) is 15.1 Å². The normalized spacial score (nSPS) is 12.4. The molecule has 0 fully saturated rings. The Morgan fingerprint density at radius 2 is 1.86 bits per heavy atom. The van der Waals surface area contributed by atoms with Gasteiger partial charge in [-0.1, -0.05) is 40.5 Å². The summed E-state index contributed by atoms with van der Waals surface area (Å²) in [6.45, 7) is 2.63. The molecule has 112 valence electrons. The molecule has 0 aliphatic rings. The van der Waals surface area contributed by atoms with Crippen molar-refractivity contribution in [1.82, 2.24) is 5.32 Å². The van der Waals surface area contributed by atoms with Gasteiger partial charge in [-0.05, 0) is 48.9 Å². The SMILES string of the molecule is CCCNC(c1cc(Cl)ccc1Br)c1c(F)cccc1F. The smallest absolute Gasteiger partial charge is 0.131 e. The lowest BCUT2D eigenvalue weighted by molar-refractivity contribution is 0.502. The summed E-state index contributed by atoms with van der Waals surface area (Å²) in [5, 5.41) is 3.70. The number of hydrogen-bond acceptors (Lipinski definition) is 1. The molecule has 5 heteroatoms. The first-order chi connectivity index (χ1) is 10.0. The summed E-state index contributed by atoms with van der Waals surface area (Å²) in [6, 6.07) is 8.50. The molecule has 2 rings (SSSR count). The molecule has 0 heterocycles. The largest absolute Gasteiger partial charge is 0.306 e. The molecular formula is C16H15BrClF2N. The summed E-state index contributed by atoms with van der Waals surface area (Å²) in [7, 11) is 0. The summed E-state index contributed by atoms with van der Waals surface area (Å²) in [6.07, 6.45) is 0.852. The molecule has 1 unspecified atom stereocenters. The van der Waals surface area contributed by atoms with E-state index in [-0.39, 0.29) is 5.56 Å². The molecule has 0 spiro atoms. The van der Waals surface area contributed by atoms with E-state index >= 15 is 0 Å². The van der Waals surface area contributed by atoms with Crippen LogP contribution >= 0.6 is 27.5 Å². The van der Waals surface area contributed by atoms with E-state index in [0.29, 0.717) is 17.1 Å². The van der Waals surface area contributed by atoms with Gasteiger partial charge in [-0.15, -0.1) is 0 Å². The highest BCUT2D eigenvalue weighted by Crippen LogP contribution is 2.33. The molecule has 0 aromatic heterocycles. The second-order valence-corrected chi connectivity index (χ2v) is 5.98. The minimum absolute atomic E-state index is 0.00826. The second-order valence-electron chi connectivity index (χ2n) is 4.69. The maximum atomic E-state index is 14.1. The fourth-order valence-corrected chi connectivity index (χ4v) is 2.83. The Hall–Kier alpha value is -0.970. The van der Waals surface area contributed by atoms with Gasteiger partial charge >= 0.3 is 0 Å². The average Bonchev–Trinajstić information content (AvgIpc) is 2.45. The Kier molecular flexibility index (Phi) is 5.73. The highest BCUT2D eigenvalue weighted by atomic mass is 79.9. The first-order valence-electron chi connectivity index (χ1n) is 6.66. The predicted octanol–water partition coefficient (Wildman–Crippen LogP) is 5.47. The van der Waals surface area contributed by atoms with Gasteiger partial charge in [0.2, 0.25) is 0 Å². The third kappa shape index (κ3) is 3.82. The average molecular weight is 375 g/mol. The van der Waals surface area contributed by atoms with Gasteiger partial charge in [0.05, 0.1) is 6.04 Å². The van der Waals surface area contributed by atoms with Crippen molar-refractivity contribution in [2.75, 3.05) is 6.54 Å². The Morgan fingerprint density at radius 1 is 1.19 bits per heavy atom. The summed E-state index contributed by atoms with van der Waals surface area (Å²) in [4.78, 5) is 0. The molecular weight excluding hydrogens is 360 g/mol. The number of nitrogens with one attached hydrogen (secondary N) is 1. The van der Waals surface area contributed by atoms with E-state index in [1.807, 2.05) is 6.92 Å². The molecule has 0 amide bonds. The lowest BCUT2D eigenvalue weighted by atomic mass is 9.97. The lowest BCUT2D eigenvalue weighted by Gasteiger charge is -2.22. The molecule has 2 aromatic rings. The van der Waals surface area contributed by atoms with E-state index in [0.717, 1.165) is 10.9 Å². The van der Waals surface area contributed by atoms with Crippen LogP contribution in [0.25, 0.3) is 0 Å². The minimum Gasteiger partial charge on any atom is -0.306 e. The van der Waals surface area contributed by atoms with Gasteiger partial charge in [0.25, 0.3) is 0 Å². The van der Waals surface area contributed by atoms with Crippen LogP contribution in [0.2, 0.25) is 5.02 Å². The second kappa shape index (κ2) is 7.34. The molecule has 0 saturated heterocycles. The van der Waals surface area contributed by atoms with Crippen LogP contribution in [-0.2, 0) is 0 Å². The zero-order valence-electron chi connectivity index (χ0n) is 11.5. The van der Waals surface area contributed by atoms with Gasteiger partial charge in [-0.3, -0.25) is 0 Å². The van der Waals surface area contributed by atoms with E-state index in [1.54, 1.807) is 18.2 Å². The molecule has 0 radical (unpaired) electrons. The summed E-state index contributed by atoms with van der Waals surface area (Å²) in [5.74, 6) is -1.15. The summed E-state index contributed by atoms with van der Waals surface area (Å²) < 4.78 is 29.0. The summed E-state index contributed by atoms with van der Waals surface area (Å²) in [5.41, 5.74) is 0.717. The Labute approximate surface area is 136 Å². The molecule has 21 heavy (non-hydrogen) atoms. The summed E-state index contributed by atoms with van der Waals surface area (Å²) >= 11 is 9.45. The standard InChI is InChI=1S/C16H15BrClF2N/c1-2-8-21-16(11-9-10(18)6-7-12(11)17)15-13(19)4-3-5-14(15)20/h3-7,9,16,21H,2,8H2,1H3. The van der Waals surface area contributed by atoms with E-state index in [1.165, 1.54) is 18.2 Å². The van der Waals surface area contributed by atoms with Gasteiger partial charge < -0.3 is 5.32 Å². The van der Waals surface area contributed by atoms with Gasteiger partial charge in [-0.2, -0.15) is 0 Å². The number of hydrogen-bond donors (Lipinski definition) is 1. The zero-order chi connectivity index (χ0) is 15.4. The van der Waals surface area contributed by atoms with Crippen LogP contribution in [0, 0.1) is 11.6 Å². The van der Waals surface area contributed by atoms with Crippen LogP contribution < -0.4 is 5.32 Å². The molecule has 1 atom stereocenters.